The molecule has 1 aliphatic rings. The molecule has 9 nitrogen and oxygen atoms in total. The average molecular weight is 433 g/mol. The first-order chi connectivity index (χ1) is 15.6. The average Bonchev–Trinajstić information content (AvgIpc) is 2.79. The van der Waals surface area contributed by atoms with Crippen LogP contribution in [0.5, 0.6) is 5.75 Å². The van der Waals surface area contributed by atoms with E-state index in [1.165, 1.54) is 32.1 Å². The van der Waals surface area contributed by atoms with Crippen LogP contribution in [0.1, 0.15) is 68.2 Å². The lowest BCUT2D eigenvalue weighted by Gasteiger charge is -2.26. The zero-order valence-corrected chi connectivity index (χ0v) is 18.2. The van der Waals surface area contributed by atoms with Crippen LogP contribution in [0, 0.1) is 22.8 Å². The fourth-order valence-corrected chi connectivity index (χ4v) is 3.64. The number of aliphatic imine (C=N–C) groups is 1. The molecular weight excluding hydrogens is 404 g/mol. The Morgan fingerprint density at radius 1 is 1.09 bits per heavy atom. The van der Waals surface area contributed by atoms with E-state index in [-0.39, 0.29) is 23.0 Å². The highest BCUT2D eigenvalue weighted by Gasteiger charge is 2.29. The lowest BCUT2D eigenvalue weighted by molar-refractivity contribution is 0.304. The Bertz CT molecular complexity index is 1050. The largest absolute Gasteiger partial charge is 0.494 e. The van der Waals surface area contributed by atoms with Crippen LogP contribution in [-0.4, -0.2) is 17.6 Å². The molecule has 1 aliphatic heterocycles. The summed E-state index contributed by atoms with van der Waals surface area (Å²) >= 11 is 0. The molecule has 3 rings (SSSR count). The number of hydrogen-bond donors (Lipinski definition) is 4. The Kier molecular flexibility index (Phi) is 7.71. The molecule has 0 spiro atoms. The van der Waals surface area contributed by atoms with Gasteiger partial charge in [0.1, 0.15) is 35.1 Å². The lowest BCUT2D eigenvalue weighted by Crippen LogP contribution is -2.32. The number of rotatable bonds is 9. The zero-order valence-electron chi connectivity index (χ0n) is 18.2. The molecule has 0 radical (unpaired) electrons. The van der Waals surface area contributed by atoms with Crippen LogP contribution >= 0.6 is 0 Å². The van der Waals surface area contributed by atoms with Crippen molar-refractivity contribution in [1.29, 1.82) is 10.5 Å². The summed E-state index contributed by atoms with van der Waals surface area (Å²) in [5.41, 5.74) is 13.8. The standard InChI is InChI=1S/C23H28N8O/c1-2-3-4-5-6-7-12-32-16-10-8-15(9-11-16)20-18-19(26)17(13-24)21(27)30-22(18)31-23(29-20)28-14-25/h8-11,20H,2-7,12H2,1H3,(H6,26,27,28,29,30,31). The maximum Gasteiger partial charge on any atom is 0.211 e. The molecule has 0 fully saturated rings. The van der Waals surface area contributed by atoms with E-state index >= 15 is 0 Å². The van der Waals surface area contributed by atoms with Gasteiger partial charge in [-0.3, -0.25) is 5.32 Å². The molecule has 1 unspecified atom stereocenters. The molecule has 1 atom stereocenters. The molecule has 1 aromatic carbocycles. The van der Waals surface area contributed by atoms with Gasteiger partial charge in [0, 0.05) is 5.56 Å². The van der Waals surface area contributed by atoms with Gasteiger partial charge in [-0.15, -0.1) is 0 Å². The van der Waals surface area contributed by atoms with Crippen LogP contribution in [-0.2, 0) is 0 Å². The van der Waals surface area contributed by atoms with Crippen LogP contribution < -0.4 is 26.8 Å². The number of anilines is 3. The molecule has 0 saturated carbocycles. The molecule has 2 heterocycles. The van der Waals surface area contributed by atoms with Crippen molar-refractivity contribution in [3.8, 4) is 18.0 Å². The molecule has 2 aromatic rings. The molecule has 1 aromatic heterocycles. The number of unbranched alkanes of at least 4 members (excludes halogenated alkanes) is 5. The van der Waals surface area contributed by atoms with Gasteiger partial charge in [-0.1, -0.05) is 51.2 Å². The topological polar surface area (TPSA) is 158 Å². The van der Waals surface area contributed by atoms with Gasteiger partial charge in [0.15, 0.2) is 6.19 Å². The van der Waals surface area contributed by atoms with Gasteiger partial charge in [-0.25, -0.2) is 9.98 Å². The number of nitriles is 2. The van der Waals surface area contributed by atoms with Gasteiger partial charge in [-0.2, -0.15) is 10.5 Å². The van der Waals surface area contributed by atoms with E-state index < -0.39 is 6.04 Å². The molecule has 32 heavy (non-hydrogen) atoms. The SMILES string of the molecule is CCCCCCCCOc1ccc(C2N=C(NC#N)Nc3nc(N)c(C#N)c(N)c32)cc1. The van der Waals surface area contributed by atoms with Crippen LogP contribution in [0.15, 0.2) is 29.3 Å². The summed E-state index contributed by atoms with van der Waals surface area (Å²) in [5.74, 6) is 1.38. The Morgan fingerprint density at radius 2 is 1.81 bits per heavy atom. The minimum atomic E-state index is -0.560. The molecule has 9 heteroatoms. The Balaban J connectivity index is 1.77. The number of hydrogen-bond acceptors (Lipinski definition) is 9. The minimum Gasteiger partial charge on any atom is -0.494 e. The highest BCUT2D eigenvalue weighted by atomic mass is 16.5. The summed E-state index contributed by atoms with van der Waals surface area (Å²) in [5, 5.41) is 23.8. The third-order valence-electron chi connectivity index (χ3n) is 5.32. The fourth-order valence-electron chi connectivity index (χ4n) is 3.64. The van der Waals surface area contributed by atoms with Crippen molar-refractivity contribution in [1.82, 2.24) is 10.3 Å². The number of benzene rings is 1. The van der Waals surface area contributed by atoms with Crippen LogP contribution in [0.3, 0.4) is 0 Å². The lowest BCUT2D eigenvalue weighted by atomic mass is 9.95. The monoisotopic (exact) mass is 432 g/mol. The van der Waals surface area contributed by atoms with E-state index in [1.54, 1.807) is 0 Å². The fraction of sp³-hybridized carbons (Fsp3) is 0.391. The van der Waals surface area contributed by atoms with E-state index in [4.69, 9.17) is 21.5 Å². The summed E-state index contributed by atoms with van der Waals surface area (Å²) in [7, 11) is 0. The van der Waals surface area contributed by atoms with Crippen molar-refractivity contribution < 1.29 is 4.74 Å². The van der Waals surface area contributed by atoms with E-state index in [2.05, 4.69) is 27.5 Å². The first kappa shape index (κ1) is 22.7. The number of nitrogens with zero attached hydrogens (tertiary/aromatic N) is 4. The first-order valence-electron chi connectivity index (χ1n) is 10.8. The zero-order chi connectivity index (χ0) is 22.9. The number of aromatic nitrogens is 1. The summed E-state index contributed by atoms with van der Waals surface area (Å²) in [6.07, 6.45) is 9.10. The predicted molar refractivity (Wildman–Crippen MR) is 125 cm³/mol. The second-order valence-corrected chi connectivity index (χ2v) is 7.59. The maximum atomic E-state index is 9.42. The van der Waals surface area contributed by atoms with Gasteiger partial charge in [0.2, 0.25) is 5.96 Å². The Hall–Kier alpha value is -3.98. The number of fused-ring (bicyclic) bond motifs is 1. The molecule has 6 N–H and O–H groups in total. The summed E-state index contributed by atoms with van der Waals surface area (Å²) < 4.78 is 5.86. The van der Waals surface area contributed by atoms with Crippen molar-refractivity contribution in [2.24, 2.45) is 4.99 Å². The van der Waals surface area contributed by atoms with Crippen molar-refractivity contribution in [2.45, 2.75) is 51.5 Å². The van der Waals surface area contributed by atoms with Gasteiger partial charge < -0.3 is 21.5 Å². The summed E-state index contributed by atoms with van der Waals surface area (Å²) in [4.78, 5) is 8.81. The van der Waals surface area contributed by atoms with Crippen molar-refractivity contribution in [3.63, 3.8) is 0 Å². The Morgan fingerprint density at radius 3 is 2.50 bits per heavy atom. The molecule has 166 valence electrons. The molecule has 0 bridgehead atoms. The van der Waals surface area contributed by atoms with Gasteiger partial charge in [0.25, 0.3) is 0 Å². The number of pyridine rings is 1. The van der Waals surface area contributed by atoms with Gasteiger partial charge in [-0.05, 0) is 24.1 Å². The van der Waals surface area contributed by atoms with Gasteiger partial charge >= 0.3 is 0 Å². The summed E-state index contributed by atoms with van der Waals surface area (Å²) in [6.45, 7) is 2.89. The summed E-state index contributed by atoms with van der Waals surface area (Å²) in [6, 6.07) is 8.99. The third kappa shape index (κ3) is 5.19. The molecule has 0 amide bonds. The number of nitrogens with two attached hydrogens (primary N) is 2. The maximum absolute atomic E-state index is 9.42. The van der Waals surface area contributed by atoms with E-state index in [0.717, 1.165) is 17.7 Å². The quantitative estimate of drug-likeness (QED) is 0.264. The predicted octanol–water partition coefficient (Wildman–Crippen LogP) is 3.80. The van der Waals surface area contributed by atoms with E-state index in [0.29, 0.717) is 18.0 Å². The second kappa shape index (κ2) is 10.9. The number of nitrogen functional groups attached to an aromatic ring is 2. The third-order valence-corrected chi connectivity index (χ3v) is 5.32. The highest BCUT2D eigenvalue weighted by molar-refractivity contribution is 5.98. The smallest absolute Gasteiger partial charge is 0.211 e. The number of guanidine groups is 1. The van der Waals surface area contributed by atoms with E-state index in [9.17, 15) is 5.26 Å². The normalized spacial score (nSPS) is 14.3. The van der Waals surface area contributed by atoms with Crippen LogP contribution in [0.2, 0.25) is 0 Å². The number of ether oxygens (including phenoxy) is 1. The number of nitrogens with one attached hydrogen (secondary N) is 2. The van der Waals surface area contributed by atoms with Crippen molar-refractivity contribution in [2.75, 3.05) is 23.4 Å². The van der Waals surface area contributed by atoms with Gasteiger partial charge in [0.05, 0.1) is 12.3 Å². The highest BCUT2D eigenvalue weighted by Crippen LogP contribution is 2.40. The Labute approximate surface area is 188 Å². The van der Waals surface area contributed by atoms with Crippen molar-refractivity contribution in [3.05, 3.63) is 41.0 Å². The first-order valence-corrected chi connectivity index (χ1v) is 10.8. The van der Waals surface area contributed by atoms with Crippen LogP contribution in [0.25, 0.3) is 0 Å². The molecule has 0 aliphatic carbocycles. The van der Waals surface area contributed by atoms with Crippen molar-refractivity contribution >= 4 is 23.3 Å². The van der Waals surface area contributed by atoms with E-state index in [1.807, 2.05) is 36.5 Å². The minimum absolute atomic E-state index is 0.0200. The molecule has 0 saturated heterocycles. The second-order valence-electron chi connectivity index (χ2n) is 7.59. The molecular formula is C23H28N8O. The van der Waals surface area contributed by atoms with Crippen LogP contribution in [0.4, 0.5) is 17.3 Å².